The highest BCUT2D eigenvalue weighted by molar-refractivity contribution is 7.84. The highest BCUT2D eigenvalue weighted by atomic mass is 32.2. The summed E-state index contributed by atoms with van der Waals surface area (Å²) in [6.45, 7) is 0.259. The predicted octanol–water partition coefficient (Wildman–Crippen LogP) is 2.00. The molecule has 0 amide bonds. The van der Waals surface area contributed by atoms with E-state index in [1.165, 1.54) is 24.9 Å². The van der Waals surface area contributed by atoms with Gasteiger partial charge in [-0.3, -0.25) is 4.21 Å². The maximum absolute atomic E-state index is 13.2. The number of rotatable bonds is 4. The quantitative estimate of drug-likeness (QED) is 0.734. The Balaban J connectivity index is 1.86. The summed E-state index contributed by atoms with van der Waals surface area (Å²) in [6.07, 6.45) is 4.32. The molecule has 0 aliphatic carbocycles. The molecule has 9 heteroatoms. The molecular formula is C13H10F2N4O2S. The van der Waals surface area contributed by atoms with Crippen LogP contribution in [0.2, 0.25) is 0 Å². The largest absolute Gasteiger partial charge is 0.444 e. The maximum Gasteiger partial charge on any atom is 0.226 e. The molecule has 0 unspecified atom stereocenters. The monoisotopic (exact) mass is 324 g/mol. The molecule has 0 saturated heterocycles. The smallest absolute Gasteiger partial charge is 0.226 e. The van der Waals surface area contributed by atoms with E-state index in [2.05, 4.69) is 15.2 Å². The first-order valence-corrected chi connectivity index (χ1v) is 7.71. The van der Waals surface area contributed by atoms with Crippen molar-refractivity contribution in [3.05, 3.63) is 48.1 Å². The molecule has 0 bridgehead atoms. The number of hydrogen-bond donors (Lipinski definition) is 0. The Morgan fingerprint density at radius 3 is 2.86 bits per heavy atom. The average molecular weight is 324 g/mol. The van der Waals surface area contributed by atoms with Crippen LogP contribution in [0, 0.1) is 11.6 Å². The van der Waals surface area contributed by atoms with Crippen molar-refractivity contribution < 1.29 is 17.4 Å². The normalized spacial score (nSPS) is 12.5. The highest BCUT2D eigenvalue weighted by Gasteiger charge is 2.13. The third kappa shape index (κ3) is 2.80. The lowest BCUT2D eigenvalue weighted by atomic mass is 10.2. The Hall–Kier alpha value is -2.42. The number of hydrogen-bond acceptors (Lipinski definition) is 5. The first-order chi connectivity index (χ1) is 10.5. The van der Waals surface area contributed by atoms with Crippen LogP contribution in [0.15, 0.2) is 40.4 Å². The van der Waals surface area contributed by atoms with Crippen molar-refractivity contribution in [1.29, 1.82) is 0 Å². The van der Waals surface area contributed by atoms with Gasteiger partial charge in [0.05, 0.1) is 23.0 Å². The molecule has 0 saturated carbocycles. The first kappa shape index (κ1) is 14.5. The molecule has 1 aromatic carbocycles. The van der Waals surface area contributed by atoms with E-state index in [-0.39, 0.29) is 12.4 Å². The van der Waals surface area contributed by atoms with Crippen LogP contribution in [0.5, 0.6) is 0 Å². The van der Waals surface area contributed by atoms with Gasteiger partial charge in [0.2, 0.25) is 11.0 Å². The molecule has 2 aromatic heterocycles. The topological polar surface area (TPSA) is 73.8 Å². The summed E-state index contributed by atoms with van der Waals surface area (Å²) in [7, 11) is -1.28. The summed E-state index contributed by atoms with van der Waals surface area (Å²) < 4.78 is 44.5. The Kier molecular flexibility index (Phi) is 3.80. The van der Waals surface area contributed by atoms with Crippen LogP contribution >= 0.6 is 0 Å². The van der Waals surface area contributed by atoms with Crippen LogP contribution in [0.4, 0.5) is 8.78 Å². The molecular weight excluding hydrogens is 314 g/mol. The van der Waals surface area contributed by atoms with Gasteiger partial charge < -0.3 is 8.98 Å². The van der Waals surface area contributed by atoms with E-state index in [0.29, 0.717) is 16.4 Å². The summed E-state index contributed by atoms with van der Waals surface area (Å²) in [5, 5.41) is 7.77. The molecule has 0 aliphatic heterocycles. The lowest BCUT2D eigenvalue weighted by Gasteiger charge is -2.00. The molecule has 0 fully saturated rings. The van der Waals surface area contributed by atoms with Crippen LogP contribution in [-0.4, -0.2) is 30.2 Å². The Morgan fingerprint density at radius 2 is 2.14 bits per heavy atom. The van der Waals surface area contributed by atoms with Gasteiger partial charge in [-0.2, -0.15) is 0 Å². The number of oxazole rings is 1. The van der Waals surface area contributed by atoms with Crippen molar-refractivity contribution >= 4 is 10.8 Å². The number of halogens is 2. The summed E-state index contributed by atoms with van der Waals surface area (Å²) >= 11 is 0. The molecule has 0 aliphatic rings. The summed E-state index contributed by atoms with van der Waals surface area (Å²) in [5.74, 6) is -1.74. The van der Waals surface area contributed by atoms with Gasteiger partial charge in [-0.1, -0.05) is 0 Å². The number of benzene rings is 1. The molecule has 3 rings (SSSR count). The molecule has 0 N–H and O–H groups in total. The zero-order valence-electron chi connectivity index (χ0n) is 11.4. The fourth-order valence-corrected chi connectivity index (χ4v) is 2.50. The van der Waals surface area contributed by atoms with Gasteiger partial charge in [0.1, 0.15) is 12.6 Å². The van der Waals surface area contributed by atoms with Crippen LogP contribution < -0.4 is 0 Å². The minimum atomic E-state index is -1.28. The van der Waals surface area contributed by atoms with Crippen molar-refractivity contribution in [3.63, 3.8) is 0 Å². The molecule has 1 atom stereocenters. The Morgan fingerprint density at radius 1 is 1.32 bits per heavy atom. The molecule has 2 heterocycles. The number of aromatic nitrogens is 4. The average Bonchev–Trinajstić information content (AvgIpc) is 3.11. The van der Waals surface area contributed by atoms with Gasteiger partial charge in [-0.05, 0) is 18.2 Å². The van der Waals surface area contributed by atoms with Crippen molar-refractivity contribution in [3.8, 4) is 11.5 Å². The molecule has 22 heavy (non-hydrogen) atoms. The second-order valence-electron chi connectivity index (χ2n) is 4.47. The Labute approximate surface area is 126 Å². The van der Waals surface area contributed by atoms with Crippen LogP contribution in [0.3, 0.4) is 0 Å². The van der Waals surface area contributed by atoms with Crippen LogP contribution in [0.1, 0.15) is 5.69 Å². The van der Waals surface area contributed by atoms with E-state index in [4.69, 9.17) is 4.42 Å². The third-order valence-corrected chi connectivity index (χ3v) is 3.72. The van der Waals surface area contributed by atoms with Crippen molar-refractivity contribution in [2.24, 2.45) is 0 Å². The van der Waals surface area contributed by atoms with E-state index < -0.39 is 22.4 Å². The van der Waals surface area contributed by atoms with E-state index >= 15 is 0 Å². The van der Waals surface area contributed by atoms with Gasteiger partial charge in [-0.25, -0.2) is 13.8 Å². The number of nitrogens with zero attached hydrogens (tertiary/aromatic N) is 4. The van der Waals surface area contributed by atoms with E-state index in [1.807, 2.05) is 0 Å². The minimum absolute atomic E-state index is 0.168. The van der Waals surface area contributed by atoms with Crippen molar-refractivity contribution in [2.45, 2.75) is 11.7 Å². The zero-order chi connectivity index (χ0) is 15.7. The zero-order valence-corrected chi connectivity index (χ0v) is 12.2. The van der Waals surface area contributed by atoms with Gasteiger partial charge in [0.25, 0.3) is 0 Å². The second-order valence-corrected chi connectivity index (χ2v) is 5.74. The summed E-state index contributed by atoms with van der Waals surface area (Å²) in [5.41, 5.74) is 0.847. The van der Waals surface area contributed by atoms with Crippen LogP contribution in [-0.2, 0) is 17.3 Å². The third-order valence-electron chi connectivity index (χ3n) is 2.89. The SMILES string of the molecule is C[S@](=O)c1nncn1Cc1coc(-c2ccc(F)c(F)c2)n1. The molecule has 0 spiro atoms. The maximum atomic E-state index is 13.2. The van der Waals surface area contributed by atoms with Gasteiger partial charge in [-0.15, -0.1) is 10.2 Å². The lowest BCUT2D eigenvalue weighted by Crippen LogP contribution is -2.05. The first-order valence-electron chi connectivity index (χ1n) is 6.15. The molecule has 3 aromatic rings. The molecule has 6 nitrogen and oxygen atoms in total. The van der Waals surface area contributed by atoms with E-state index in [9.17, 15) is 13.0 Å². The van der Waals surface area contributed by atoms with Crippen molar-refractivity contribution in [2.75, 3.05) is 6.26 Å². The standard InChI is InChI=1S/C13H10F2N4O2S/c1-22(20)13-18-16-7-19(13)5-9-6-21-12(17-9)8-2-3-10(14)11(15)4-8/h2-4,6-7H,5H2,1H3/t22-/m0/s1. The summed E-state index contributed by atoms with van der Waals surface area (Å²) in [4.78, 5) is 4.20. The van der Waals surface area contributed by atoms with Gasteiger partial charge in [0.15, 0.2) is 11.6 Å². The van der Waals surface area contributed by atoms with E-state index in [1.54, 1.807) is 4.57 Å². The van der Waals surface area contributed by atoms with Gasteiger partial charge in [0, 0.05) is 11.8 Å². The highest BCUT2D eigenvalue weighted by Crippen LogP contribution is 2.21. The van der Waals surface area contributed by atoms with Crippen molar-refractivity contribution in [1.82, 2.24) is 19.7 Å². The van der Waals surface area contributed by atoms with E-state index in [0.717, 1.165) is 12.1 Å². The summed E-state index contributed by atoms with van der Waals surface area (Å²) in [6, 6.07) is 3.39. The fraction of sp³-hybridized carbons (Fsp3) is 0.154. The Bertz CT molecular complexity index is 846. The van der Waals surface area contributed by atoms with Crippen LogP contribution in [0.25, 0.3) is 11.5 Å². The molecule has 114 valence electrons. The lowest BCUT2D eigenvalue weighted by molar-refractivity contribution is 0.507. The molecule has 0 radical (unpaired) electrons. The van der Waals surface area contributed by atoms with Gasteiger partial charge >= 0.3 is 0 Å². The minimum Gasteiger partial charge on any atom is -0.444 e. The second kappa shape index (κ2) is 5.76. The predicted molar refractivity (Wildman–Crippen MR) is 73.3 cm³/mol. The fourth-order valence-electron chi connectivity index (χ4n) is 1.89.